The Kier molecular flexibility index (Phi) is 4.41. The molecule has 2 aromatic carbocycles. The molecule has 0 unspecified atom stereocenters. The van der Waals surface area contributed by atoms with E-state index >= 15 is 0 Å². The van der Waals surface area contributed by atoms with Gasteiger partial charge < -0.3 is 5.32 Å². The number of nitrogens with one attached hydrogen (secondary N) is 1. The van der Waals surface area contributed by atoms with Crippen molar-refractivity contribution < 1.29 is 13.6 Å². The van der Waals surface area contributed by atoms with Gasteiger partial charge in [0.25, 0.3) is 5.91 Å². The molecule has 0 atom stereocenters. The first-order valence-corrected chi connectivity index (χ1v) is 7.91. The van der Waals surface area contributed by atoms with Crippen molar-refractivity contribution in [2.75, 3.05) is 5.32 Å². The molecule has 0 fully saturated rings. The van der Waals surface area contributed by atoms with E-state index in [2.05, 4.69) is 5.32 Å². The van der Waals surface area contributed by atoms with Crippen LogP contribution in [0.2, 0.25) is 5.02 Å². The highest BCUT2D eigenvalue weighted by atomic mass is 35.5. The summed E-state index contributed by atoms with van der Waals surface area (Å²) >= 11 is 7.37. The number of hydrogen-bond donors (Lipinski definition) is 1. The van der Waals surface area contributed by atoms with Gasteiger partial charge in [0.15, 0.2) is 11.6 Å². The van der Waals surface area contributed by atoms with E-state index in [1.54, 1.807) is 12.1 Å². The minimum absolute atomic E-state index is 0.119. The molecule has 0 aliphatic rings. The molecule has 1 heterocycles. The molecule has 0 aliphatic carbocycles. The Hall–Kier alpha value is -2.24. The van der Waals surface area contributed by atoms with Gasteiger partial charge in [-0.15, -0.1) is 11.3 Å². The highest BCUT2D eigenvalue weighted by Gasteiger charge is 2.16. The zero-order valence-electron chi connectivity index (χ0n) is 11.6. The van der Waals surface area contributed by atoms with E-state index in [4.69, 9.17) is 11.6 Å². The molecule has 23 heavy (non-hydrogen) atoms. The van der Waals surface area contributed by atoms with Gasteiger partial charge in [-0.1, -0.05) is 35.9 Å². The van der Waals surface area contributed by atoms with Gasteiger partial charge in [0.05, 0.1) is 10.6 Å². The fourth-order valence-electron chi connectivity index (χ4n) is 2.13. The van der Waals surface area contributed by atoms with E-state index in [9.17, 15) is 13.6 Å². The Bertz CT molecular complexity index is 865. The number of carbonyl (C=O) groups is 1. The van der Waals surface area contributed by atoms with Crippen LogP contribution in [0.5, 0.6) is 0 Å². The Morgan fingerprint density at radius 2 is 1.78 bits per heavy atom. The molecule has 1 N–H and O–H groups in total. The third-order valence-electron chi connectivity index (χ3n) is 3.22. The van der Waals surface area contributed by atoms with E-state index in [1.165, 1.54) is 11.3 Å². The molecule has 0 bridgehead atoms. The molecule has 6 heteroatoms. The molecular formula is C17H10ClF2NOS. The molecule has 3 rings (SSSR count). The molecular weight excluding hydrogens is 340 g/mol. The largest absolute Gasteiger partial charge is 0.321 e. The summed E-state index contributed by atoms with van der Waals surface area (Å²) < 4.78 is 26.5. The van der Waals surface area contributed by atoms with Crippen molar-refractivity contribution in [3.05, 3.63) is 76.1 Å². The maximum absolute atomic E-state index is 13.3. The van der Waals surface area contributed by atoms with Crippen molar-refractivity contribution in [3.63, 3.8) is 0 Å². The predicted molar refractivity (Wildman–Crippen MR) is 89.1 cm³/mol. The summed E-state index contributed by atoms with van der Waals surface area (Å²) in [5.74, 6) is -2.81. The van der Waals surface area contributed by atoms with Crippen LogP contribution in [0, 0.1) is 11.6 Å². The summed E-state index contributed by atoms with van der Waals surface area (Å²) in [7, 11) is 0. The number of benzene rings is 2. The number of anilines is 1. The summed E-state index contributed by atoms with van der Waals surface area (Å²) in [4.78, 5) is 13.3. The van der Waals surface area contributed by atoms with Gasteiger partial charge in [0.2, 0.25) is 0 Å². The Balaban J connectivity index is 1.94. The van der Waals surface area contributed by atoms with Crippen LogP contribution >= 0.6 is 22.9 Å². The maximum Gasteiger partial charge on any atom is 0.257 e. The quantitative estimate of drug-likeness (QED) is 0.613. The molecule has 0 saturated heterocycles. The molecule has 0 radical (unpaired) electrons. The lowest BCUT2D eigenvalue weighted by Gasteiger charge is -2.11. The average molecular weight is 350 g/mol. The standard InChI is InChI=1S/C17H10ClF2NOS/c18-12-9-14(20)13(19)8-11(12)17(22)21-15-5-2-1-4-10(15)16-6-3-7-23-16/h1-9H,(H,21,22). The lowest BCUT2D eigenvalue weighted by molar-refractivity contribution is 0.102. The Morgan fingerprint density at radius 3 is 2.52 bits per heavy atom. The third kappa shape index (κ3) is 3.25. The molecule has 1 amide bonds. The van der Waals surface area contributed by atoms with Gasteiger partial charge in [0.1, 0.15) is 0 Å². The number of rotatable bonds is 3. The number of carbonyl (C=O) groups excluding carboxylic acids is 1. The van der Waals surface area contributed by atoms with Crippen LogP contribution in [0.15, 0.2) is 53.9 Å². The maximum atomic E-state index is 13.3. The van der Waals surface area contributed by atoms with Crippen molar-refractivity contribution in [3.8, 4) is 10.4 Å². The zero-order chi connectivity index (χ0) is 16.4. The van der Waals surface area contributed by atoms with E-state index in [0.29, 0.717) is 5.69 Å². The van der Waals surface area contributed by atoms with Crippen LogP contribution in [-0.2, 0) is 0 Å². The lowest BCUT2D eigenvalue weighted by atomic mass is 10.1. The number of halogens is 3. The zero-order valence-corrected chi connectivity index (χ0v) is 13.2. The smallest absolute Gasteiger partial charge is 0.257 e. The number of para-hydroxylation sites is 1. The van der Waals surface area contributed by atoms with Crippen molar-refractivity contribution in [2.24, 2.45) is 0 Å². The third-order valence-corrected chi connectivity index (χ3v) is 4.43. The van der Waals surface area contributed by atoms with Gasteiger partial charge in [-0.05, 0) is 29.6 Å². The van der Waals surface area contributed by atoms with E-state index in [-0.39, 0.29) is 10.6 Å². The van der Waals surface area contributed by atoms with Crippen LogP contribution in [0.25, 0.3) is 10.4 Å². The molecule has 0 saturated carbocycles. The van der Waals surface area contributed by atoms with Crippen molar-refractivity contribution in [2.45, 2.75) is 0 Å². The van der Waals surface area contributed by atoms with Gasteiger partial charge in [0, 0.05) is 16.1 Å². The minimum Gasteiger partial charge on any atom is -0.321 e. The van der Waals surface area contributed by atoms with Gasteiger partial charge in [-0.25, -0.2) is 8.78 Å². The Morgan fingerprint density at radius 1 is 1.04 bits per heavy atom. The molecule has 0 aliphatic heterocycles. The Labute approximate surface area is 140 Å². The first kappa shape index (κ1) is 15.6. The fraction of sp³-hybridized carbons (Fsp3) is 0. The summed E-state index contributed by atoms with van der Waals surface area (Å²) in [5.41, 5.74) is 1.29. The summed E-state index contributed by atoms with van der Waals surface area (Å²) in [6.45, 7) is 0. The highest BCUT2D eigenvalue weighted by Crippen LogP contribution is 2.32. The molecule has 2 nitrogen and oxygen atoms in total. The summed E-state index contributed by atoms with van der Waals surface area (Å²) in [6, 6.07) is 12.7. The van der Waals surface area contributed by atoms with Crippen LogP contribution in [0.3, 0.4) is 0 Å². The predicted octanol–water partition coefficient (Wildman–Crippen LogP) is 5.60. The van der Waals surface area contributed by atoms with Crippen LogP contribution < -0.4 is 5.32 Å². The first-order valence-electron chi connectivity index (χ1n) is 6.65. The van der Waals surface area contributed by atoms with Gasteiger partial charge in [-0.3, -0.25) is 4.79 Å². The second kappa shape index (κ2) is 6.48. The van der Waals surface area contributed by atoms with E-state index < -0.39 is 17.5 Å². The van der Waals surface area contributed by atoms with Crippen molar-refractivity contribution in [1.82, 2.24) is 0 Å². The highest BCUT2D eigenvalue weighted by molar-refractivity contribution is 7.13. The topological polar surface area (TPSA) is 29.1 Å². The lowest BCUT2D eigenvalue weighted by Crippen LogP contribution is -2.13. The van der Waals surface area contributed by atoms with Crippen LogP contribution in [0.1, 0.15) is 10.4 Å². The number of thiophene rings is 1. The molecule has 3 aromatic rings. The monoisotopic (exact) mass is 349 g/mol. The second-order valence-electron chi connectivity index (χ2n) is 4.72. The molecule has 1 aromatic heterocycles. The van der Waals surface area contributed by atoms with E-state index in [1.807, 2.05) is 29.6 Å². The second-order valence-corrected chi connectivity index (χ2v) is 6.08. The average Bonchev–Trinajstić information content (AvgIpc) is 3.05. The van der Waals surface area contributed by atoms with Crippen LogP contribution in [0.4, 0.5) is 14.5 Å². The summed E-state index contributed by atoms with van der Waals surface area (Å²) in [5, 5.41) is 4.48. The normalized spacial score (nSPS) is 10.6. The SMILES string of the molecule is O=C(Nc1ccccc1-c1cccs1)c1cc(F)c(F)cc1Cl. The number of amides is 1. The molecule has 0 spiro atoms. The van der Waals surface area contributed by atoms with E-state index in [0.717, 1.165) is 22.6 Å². The van der Waals surface area contributed by atoms with Crippen molar-refractivity contribution in [1.29, 1.82) is 0 Å². The minimum atomic E-state index is -1.12. The summed E-state index contributed by atoms with van der Waals surface area (Å²) in [6.07, 6.45) is 0. The van der Waals surface area contributed by atoms with Gasteiger partial charge >= 0.3 is 0 Å². The van der Waals surface area contributed by atoms with Crippen molar-refractivity contribution >= 4 is 34.5 Å². The number of hydrogen-bond acceptors (Lipinski definition) is 2. The first-order chi connectivity index (χ1) is 11.1. The molecule has 116 valence electrons. The van der Waals surface area contributed by atoms with Gasteiger partial charge in [-0.2, -0.15) is 0 Å². The van der Waals surface area contributed by atoms with Crippen LogP contribution in [-0.4, -0.2) is 5.91 Å². The fourth-order valence-corrected chi connectivity index (χ4v) is 3.13.